The Hall–Kier alpha value is -1.10. The van der Waals surface area contributed by atoms with Gasteiger partial charge in [-0.15, -0.1) is 0 Å². The molecule has 24 heavy (non-hydrogen) atoms. The molecule has 2 saturated carbocycles. The van der Waals surface area contributed by atoms with Crippen LogP contribution in [0.4, 0.5) is 0 Å². The quantitative estimate of drug-likeness (QED) is 0.839. The molecule has 0 spiro atoms. The van der Waals surface area contributed by atoms with Crippen molar-refractivity contribution in [2.24, 2.45) is 5.73 Å². The number of primary amides is 1. The number of carbonyl (C=O) groups excluding carboxylic acids is 2. The summed E-state index contributed by atoms with van der Waals surface area (Å²) in [6.07, 6.45) is 14.0. The summed E-state index contributed by atoms with van der Waals surface area (Å²) in [4.78, 5) is 29.1. The lowest BCUT2D eigenvalue weighted by Crippen LogP contribution is -2.53. The molecule has 136 valence electrons. The van der Waals surface area contributed by atoms with Crippen molar-refractivity contribution < 1.29 is 9.59 Å². The molecule has 2 amide bonds. The second-order valence-corrected chi connectivity index (χ2v) is 7.92. The van der Waals surface area contributed by atoms with Crippen LogP contribution in [-0.4, -0.2) is 52.8 Å². The Balaban J connectivity index is 1.68. The first-order valence-corrected chi connectivity index (χ1v) is 10.0. The predicted molar refractivity (Wildman–Crippen MR) is 94.4 cm³/mol. The van der Waals surface area contributed by atoms with E-state index in [-0.39, 0.29) is 17.9 Å². The van der Waals surface area contributed by atoms with E-state index in [1.807, 2.05) is 4.90 Å². The molecule has 5 heteroatoms. The zero-order chi connectivity index (χ0) is 16.9. The molecule has 3 aliphatic rings. The number of carbonyl (C=O) groups is 2. The minimum absolute atomic E-state index is 0.238. The van der Waals surface area contributed by atoms with E-state index >= 15 is 0 Å². The van der Waals surface area contributed by atoms with Crippen LogP contribution in [0.1, 0.15) is 77.0 Å². The molecular formula is C19H33N3O2. The highest BCUT2D eigenvalue weighted by atomic mass is 16.2. The summed E-state index contributed by atoms with van der Waals surface area (Å²) in [5.41, 5.74) is 5.52. The summed E-state index contributed by atoms with van der Waals surface area (Å²) in [6, 6.07) is 0.599. The van der Waals surface area contributed by atoms with Gasteiger partial charge in [0.2, 0.25) is 11.8 Å². The summed E-state index contributed by atoms with van der Waals surface area (Å²) < 4.78 is 0. The molecule has 0 aromatic heterocycles. The lowest BCUT2D eigenvalue weighted by molar-refractivity contribution is -0.140. The van der Waals surface area contributed by atoms with Crippen molar-refractivity contribution in [3.8, 4) is 0 Å². The van der Waals surface area contributed by atoms with Gasteiger partial charge >= 0.3 is 0 Å². The van der Waals surface area contributed by atoms with E-state index < -0.39 is 0 Å². The fourth-order valence-electron chi connectivity index (χ4n) is 5.02. The maximum atomic E-state index is 13.2. The van der Waals surface area contributed by atoms with Gasteiger partial charge < -0.3 is 10.6 Å². The van der Waals surface area contributed by atoms with Gasteiger partial charge in [0.1, 0.15) is 0 Å². The summed E-state index contributed by atoms with van der Waals surface area (Å²) >= 11 is 0. The Bertz CT molecular complexity index is 424. The summed E-state index contributed by atoms with van der Waals surface area (Å²) in [5, 5.41) is 0. The van der Waals surface area contributed by atoms with Gasteiger partial charge in [-0.3, -0.25) is 14.5 Å². The molecule has 0 aromatic carbocycles. The highest BCUT2D eigenvalue weighted by Gasteiger charge is 2.36. The lowest BCUT2D eigenvalue weighted by atomic mass is 9.88. The second kappa shape index (κ2) is 8.32. The third-order valence-electron chi connectivity index (χ3n) is 6.25. The Kier molecular flexibility index (Phi) is 6.14. The van der Waals surface area contributed by atoms with E-state index in [1.165, 1.54) is 38.5 Å². The van der Waals surface area contributed by atoms with Crippen LogP contribution in [0, 0.1) is 0 Å². The van der Waals surface area contributed by atoms with Crippen LogP contribution in [0.5, 0.6) is 0 Å². The lowest BCUT2D eigenvalue weighted by Gasteiger charge is -2.42. The fourth-order valence-corrected chi connectivity index (χ4v) is 5.02. The normalized spacial score (nSPS) is 27.2. The number of hydrogen-bond acceptors (Lipinski definition) is 3. The van der Waals surface area contributed by atoms with E-state index in [9.17, 15) is 9.59 Å². The Morgan fingerprint density at radius 3 is 1.88 bits per heavy atom. The second-order valence-electron chi connectivity index (χ2n) is 7.92. The number of rotatable bonds is 5. The minimum atomic E-state index is -0.276. The van der Waals surface area contributed by atoms with Gasteiger partial charge in [0.25, 0.3) is 0 Å². The maximum absolute atomic E-state index is 13.2. The summed E-state index contributed by atoms with van der Waals surface area (Å²) in [7, 11) is 0. The van der Waals surface area contributed by atoms with Gasteiger partial charge in [0.05, 0.1) is 12.6 Å². The first-order valence-electron chi connectivity index (χ1n) is 10.0. The van der Waals surface area contributed by atoms with Crippen LogP contribution in [0.3, 0.4) is 0 Å². The van der Waals surface area contributed by atoms with Crippen LogP contribution in [-0.2, 0) is 9.59 Å². The van der Waals surface area contributed by atoms with E-state index in [1.54, 1.807) is 0 Å². The minimum Gasteiger partial charge on any atom is -0.368 e. The number of nitrogens with two attached hydrogens (primary N) is 1. The third-order valence-corrected chi connectivity index (χ3v) is 6.25. The van der Waals surface area contributed by atoms with Crippen molar-refractivity contribution in [1.29, 1.82) is 0 Å². The molecule has 3 fully saturated rings. The average Bonchev–Trinajstić information content (AvgIpc) is 3.05. The Morgan fingerprint density at radius 2 is 1.38 bits per heavy atom. The molecule has 0 bridgehead atoms. The molecule has 0 radical (unpaired) electrons. The average molecular weight is 335 g/mol. The highest BCUT2D eigenvalue weighted by Crippen LogP contribution is 2.31. The molecule has 5 nitrogen and oxygen atoms in total. The van der Waals surface area contributed by atoms with Crippen LogP contribution < -0.4 is 5.73 Å². The molecule has 3 rings (SSSR count). The van der Waals surface area contributed by atoms with E-state index in [0.717, 1.165) is 45.1 Å². The third kappa shape index (κ3) is 4.11. The monoisotopic (exact) mass is 335 g/mol. The molecular weight excluding hydrogens is 302 g/mol. The zero-order valence-corrected chi connectivity index (χ0v) is 14.9. The standard InChI is InChI=1S/C19H33N3O2/c20-19(24)17-12-7-13-21(17)14-18(23)22(15-8-3-1-4-9-15)16-10-5-2-6-11-16/h15-17H,1-14H2,(H2,20,24)/t17-/m0/s1. The Morgan fingerprint density at radius 1 is 0.833 bits per heavy atom. The van der Waals surface area contributed by atoms with E-state index in [2.05, 4.69) is 4.90 Å². The molecule has 0 unspecified atom stereocenters. The topological polar surface area (TPSA) is 66.6 Å². The van der Waals surface area contributed by atoms with Gasteiger partial charge in [-0.2, -0.15) is 0 Å². The predicted octanol–water partition coefficient (Wildman–Crippen LogP) is 2.43. The fraction of sp³-hybridized carbons (Fsp3) is 0.895. The van der Waals surface area contributed by atoms with Crippen LogP contribution in [0.15, 0.2) is 0 Å². The van der Waals surface area contributed by atoms with Gasteiger partial charge in [-0.25, -0.2) is 0 Å². The largest absolute Gasteiger partial charge is 0.368 e. The van der Waals surface area contributed by atoms with Crippen LogP contribution >= 0.6 is 0 Å². The number of amides is 2. The van der Waals surface area contributed by atoms with Gasteiger partial charge in [-0.1, -0.05) is 38.5 Å². The van der Waals surface area contributed by atoms with Crippen molar-refractivity contribution in [1.82, 2.24) is 9.80 Å². The molecule has 1 saturated heterocycles. The number of nitrogens with zero attached hydrogens (tertiary/aromatic N) is 2. The SMILES string of the molecule is NC(=O)[C@@H]1CCCN1CC(=O)N(C1CCCCC1)C1CCCCC1. The first kappa shape index (κ1) is 17.7. The maximum Gasteiger partial charge on any atom is 0.237 e. The summed E-state index contributed by atoms with van der Waals surface area (Å²) in [6.45, 7) is 1.20. The Labute approximate surface area is 145 Å². The molecule has 1 heterocycles. The van der Waals surface area contributed by atoms with Crippen molar-refractivity contribution in [2.45, 2.75) is 95.2 Å². The van der Waals surface area contributed by atoms with Gasteiger partial charge in [-0.05, 0) is 45.1 Å². The number of hydrogen-bond donors (Lipinski definition) is 1. The van der Waals surface area contributed by atoms with E-state index in [4.69, 9.17) is 5.73 Å². The van der Waals surface area contributed by atoms with Crippen LogP contribution in [0.25, 0.3) is 0 Å². The smallest absolute Gasteiger partial charge is 0.237 e. The van der Waals surface area contributed by atoms with Crippen molar-refractivity contribution in [2.75, 3.05) is 13.1 Å². The van der Waals surface area contributed by atoms with Crippen LogP contribution in [0.2, 0.25) is 0 Å². The van der Waals surface area contributed by atoms with E-state index in [0.29, 0.717) is 18.6 Å². The van der Waals surface area contributed by atoms with Crippen molar-refractivity contribution in [3.05, 3.63) is 0 Å². The molecule has 2 aliphatic carbocycles. The van der Waals surface area contributed by atoms with Gasteiger partial charge in [0.15, 0.2) is 0 Å². The zero-order valence-electron chi connectivity index (χ0n) is 14.9. The highest BCUT2D eigenvalue weighted by molar-refractivity contribution is 5.83. The molecule has 1 atom stereocenters. The first-order chi connectivity index (χ1) is 11.7. The molecule has 0 aromatic rings. The van der Waals surface area contributed by atoms with Crippen molar-refractivity contribution >= 4 is 11.8 Å². The number of likely N-dealkylation sites (tertiary alicyclic amines) is 1. The molecule has 1 aliphatic heterocycles. The van der Waals surface area contributed by atoms with Gasteiger partial charge in [0, 0.05) is 12.1 Å². The molecule has 2 N–H and O–H groups in total. The summed E-state index contributed by atoms with van der Waals surface area (Å²) in [5.74, 6) is -0.0378. The van der Waals surface area contributed by atoms with Crippen molar-refractivity contribution in [3.63, 3.8) is 0 Å².